The molecule has 1 aliphatic rings. The number of rotatable bonds is 6. The van der Waals surface area contributed by atoms with Crippen LogP contribution in [0.15, 0.2) is 18.2 Å². The van der Waals surface area contributed by atoms with Gasteiger partial charge >= 0.3 is 0 Å². The van der Waals surface area contributed by atoms with Crippen LogP contribution in [0.1, 0.15) is 38.2 Å². The number of nitrogens with one attached hydrogen (secondary N) is 1. The summed E-state index contributed by atoms with van der Waals surface area (Å²) in [5.41, 5.74) is 1.22. The third-order valence-electron chi connectivity index (χ3n) is 4.95. The number of thiocarbonyl (C=S) groups is 1. The van der Waals surface area contributed by atoms with Gasteiger partial charge in [0.25, 0.3) is 0 Å². The first-order chi connectivity index (χ1) is 11.5. The minimum atomic E-state index is 0.523. The van der Waals surface area contributed by atoms with Crippen LogP contribution in [0.5, 0.6) is 11.5 Å². The lowest BCUT2D eigenvalue weighted by molar-refractivity contribution is 0.301. The molecule has 0 saturated heterocycles. The smallest absolute Gasteiger partial charge is 0.168 e. The highest BCUT2D eigenvalue weighted by molar-refractivity contribution is 7.80. The van der Waals surface area contributed by atoms with Gasteiger partial charge in [-0.3, -0.25) is 0 Å². The SMILES string of the molecule is COc1ccc(CCN(C)C(=S)N[C@H]2CCCC[C@@H]2C)cc1OC. The van der Waals surface area contributed by atoms with E-state index in [0.29, 0.717) is 12.0 Å². The van der Waals surface area contributed by atoms with Crippen molar-refractivity contribution in [3.05, 3.63) is 23.8 Å². The number of methoxy groups -OCH3 is 2. The van der Waals surface area contributed by atoms with E-state index in [1.807, 2.05) is 12.1 Å². The number of benzene rings is 1. The van der Waals surface area contributed by atoms with Crippen LogP contribution in [0.3, 0.4) is 0 Å². The molecule has 24 heavy (non-hydrogen) atoms. The molecular formula is C19H30N2O2S. The molecule has 1 aromatic carbocycles. The molecule has 0 radical (unpaired) electrons. The van der Waals surface area contributed by atoms with Crippen LogP contribution in [0.4, 0.5) is 0 Å². The van der Waals surface area contributed by atoms with Crippen LogP contribution >= 0.6 is 12.2 Å². The summed E-state index contributed by atoms with van der Waals surface area (Å²) in [6.45, 7) is 3.20. The van der Waals surface area contributed by atoms with Crippen LogP contribution in [0.2, 0.25) is 0 Å². The number of hydrogen-bond donors (Lipinski definition) is 1. The molecule has 1 N–H and O–H groups in total. The maximum Gasteiger partial charge on any atom is 0.168 e. The number of likely N-dealkylation sites (N-methyl/N-ethyl adjacent to an activating group) is 1. The minimum Gasteiger partial charge on any atom is -0.493 e. The molecular weight excluding hydrogens is 320 g/mol. The van der Waals surface area contributed by atoms with Gasteiger partial charge < -0.3 is 19.7 Å². The van der Waals surface area contributed by atoms with E-state index in [0.717, 1.165) is 29.6 Å². The zero-order valence-corrected chi connectivity index (χ0v) is 16.1. The summed E-state index contributed by atoms with van der Waals surface area (Å²) in [6, 6.07) is 6.59. The van der Waals surface area contributed by atoms with Gasteiger partial charge in [-0.15, -0.1) is 0 Å². The summed E-state index contributed by atoms with van der Waals surface area (Å²) in [5.74, 6) is 2.24. The average Bonchev–Trinajstić information content (AvgIpc) is 2.61. The molecule has 0 amide bonds. The number of hydrogen-bond acceptors (Lipinski definition) is 3. The first kappa shape index (κ1) is 18.8. The molecule has 0 unspecified atom stereocenters. The summed E-state index contributed by atoms with van der Waals surface area (Å²) in [6.07, 6.45) is 6.10. The summed E-state index contributed by atoms with van der Waals surface area (Å²) >= 11 is 5.58. The number of ether oxygens (including phenoxy) is 2. The first-order valence-electron chi connectivity index (χ1n) is 8.77. The molecule has 1 fully saturated rings. The standard InChI is InChI=1S/C19H30N2O2S/c1-14-7-5-6-8-16(14)20-19(24)21(2)12-11-15-9-10-17(22-3)18(13-15)23-4/h9-10,13-14,16H,5-8,11-12H2,1-4H3,(H,20,24)/t14-,16-/m0/s1. The van der Waals surface area contributed by atoms with Crippen molar-refractivity contribution in [3.8, 4) is 11.5 Å². The van der Waals surface area contributed by atoms with Gasteiger partial charge in [-0.1, -0.05) is 25.8 Å². The normalized spacial score (nSPS) is 20.3. The lowest BCUT2D eigenvalue weighted by Crippen LogP contribution is -2.47. The molecule has 0 bridgehead atoms. The maximum absolute atomic E-state index is 5.58. The Morgan fingerprint density at radius 1 is 1.21 bits per heavy atom. The van der Waals surface area contributed by atoms with Crippen LogP contribution < -0.4 is 14.8 Å². The Labute approximate surface area is 151 Å². The molecule has 2 rings (SSSR count). The van der Waals surface area contributed by atoms with E-state index in [1.165, 1.54) is 31.2 Å². The van der Waals surface area contributed by atoms with Crippen molar-refractivity contribution in [2.75, 3.05) is 27.8 Å². The predicted molar refractivity (Wildman–Crippen MR) is 103 cm³/mol. The Hall–Kier alpha value is -1.49. The van der Waals surface area contributed by atoms with Crippen molar-refractivity contribution >= 4 is 17.3 Å². The van der Waals surface area contributed by atoms with Crippen molar-refractivity contribution < 1.29 is 9.47 Å². The highest BCUT2D eigenvalue weighted by Gasteiger charge is 2.22. The van der Waals surface area contributed by atoms with E-state index in [9.17, 15) is 0 Å². The van der Waals surface area contributed by atoms with Crippen molar-refractivity contribution in [2.24, 2.45) is 5.92 Å². The summed E-state index contributed by atoms with van der Waals surface area (Å²) < 4.78 is 10.7. The van der Waals surface area contributed by atoms with Gasteiger partial charge in [0.05, 0.1) is 14.2 Å². The zero-order chi connectivity index (χ0) is 17.5. The van der Waals surface area contributed by atoms with Crippen LogP contribution in [-0.4, -0.2) is 43.9 Å². The van der Waals surface area contributed by atoms with E-state index in [2.05, 4.69) is 30.3 Å². The van der Waals surface area contributed by atoms with E-state index in [4.69, 9.17) is 21.7 Å². The monoisotopic (exact) mass is 350 g/mol. The molecule has 1 saturated carbocycles. The minimum absolute atomic E-state index is 0.523. The molecule has 0 aliphatic heterocycles. The molecule has 5 heteroatoms. The first-order valence-corrected chi connectivity index (χ1v) is 9.18. The van der Waals surface area contributed by atoms with Crippen molar-refractivity contribution in [1.82, 2.24) is 10.2 Å². The third-order valence-corrected chi connectivity index (χ3v) is 5.38. The predicted octanol–water partition coefficient (Wildman–Crippen LogP) is 3.63. The largest absolute Gasteiger partial charge is 0.493 e. The van der Waals surface area contributed by atoms with Gasteiger partial charge in [0.2, 0.25) is 0 Å². The van der Waals surface area contributed by atoms with E-state index < -0.39 is 0 Å². The molecule has 0 heterocycles. The zero-order valence-electron chi connectivity index (χ0n) is 15.3. The highest BCUT2D eigenvalue weighted by Crippen LogP contribution is 2.28. The fraction of sp³-hybridized carbons (Fsp3) is 0.632. The summed E-state index contributed by atoms with van der Waals surface area (Å²) in [7, 11) is 5.38. The quantitative estimate of drug-likeness (QED) is 0.793. The fourth-order valence-electron chi connectivity index (χ4n) is 3.23. The van der Waals surface area contributed by atoms with E-state index in [-0.39, 0.29) is 0 Å². The molecule has 1 aliphatic carbocycles. The third kappa shape index (κ3) is 5.00. The molecule has 2 atom stereocenters. The molecule has 0 aromatic heterocycles. The number of nitrogens with zero attached hydrogens (tertiary/aromatic N) is 1. The van der Waals surface area contributed by atoms with Gasteiger partial charge in [0, 0.05) is 19.6 Å². The summed E-state index contributed by atoms with van der Waals surface area (Å²) in [5, 5.41) is 4.41. The van der Waals surface area contributed by atoms with Crippen LogP contribution in [-0.2, 0) is 6.42 Å². The second-order valence-corrected chi connectivity index (χ2v) is 7.07. The Kier molecular flexibility index (Phi) is 7.16. The van der Waals surface area contributed by atoms with Crippen LogP contribution in [0.25, 0.3) is 0 Å². The second kappa shape index (κ2) is 9.11. The topological polar surface area (TPSA) is 33.7 Å². The van der Waals surface area contributed by atoms with Crippen LogP contribution in [0, 0.1) is 5.92 Å². The molecule has 1 aromatic rings. The Morgan fingerprint density at radius 3 is 2.58 bits per heavy atom. The lowest BCUT2D eigenvalue weighted by atomic mass is 9.86. The Morgan fingerprint density at radius 2 is 1.92 bits per heavy atom. The van der Waals surface area contributed by atoms with Gasteiger partial charge in [-0.05, 0) is 55.1 Å². The van der Waals surface area contributed by atoms with Gasteiger partial charge in [-0.2, -0.15) is 0 Å². The average molecular weight is 351 g/mol. The lowest BCUT2D eigenvalue weighted by Gasteiger charge is -2.33. The molecule has 4 nitrogen and oxygen atoms in total. The Balaban J connectivity index is 1.85. The maximum atomic E-state index is 5.58. The molecule has 0 spiro atoms. The van der Waals surface area contributed by atoms with E-state index in [1.54, 1.807) is 14.2 Å². The van der Waals surface area contributed by atoms with Gasteiger partial charge in [0.15, 0.2) is 16.6 Å². The summed E-state index contributed by atoms with van der Waals surface area (Å²) in [4.78, 5) is 2.13. The highest BCUT2D eigenvalue weighted by atomic mass is 32.1. The molecule has 134 valence electrons. The second-order valence-electron chi connectivity index (χ2n) is 6.68. The van der Waals surface area contributed by atoms with Crippen molar-refractivity contribution in [1.29, 1.82) is 0 Å². The van der Waals surface area contributed by atoms with Crippen molar-refractivity contribution in [2.45, 2.75) is 45.1 Å². The van der Waals surface area contributed by atoms with Gasteiger partial charge in [0.1, 0.15) is 0 Å². The fourth-order valence-corrected chi connectivity index (χ4v) is 3.48. The van der Waals surface area contributed by atoms with Crippen molar-refractivity contribution in [3.63, 3.8) is 0 Å². The van der Waals surface area contributed by atoms with Gasteiger partial charge in [-0.25, -0.2) is 0 Å². The Bertz CT molecular complexity index is 550. The van der Waals surface area contributed by atoms with E-state index >= 15 is 0 Å².